The fraction of sp³-hybridized carbons (Fsp3) is 0.276. The van der Waals surface area contributed by atoms with E-state index in [4.69, 9.17) is 11.6 Å². The van der Waals surface area contributed by atoms with Gasteiger partial charge in [-0.05, 0) is 60.4 Å². The Kier molecular flexibility index (Phi) is 5.69. The number of aromatic amines is 1. The predicted octanol–water partition coefficient (Wildman–Crippen LogP) is 4.83. The van der Waals surface area contributed by atoms with Crippen molar-refractivity contribution in [1.82, 2.24) is 20.4 Å². The molecule has 3 atom stereocenters. The molecule has 200 valence electrons. The summed E-state index contributed by atoms with van der Waals surface area (Å²) in [6.45, 7) is 1.83. The highest BCUT2D eigenvalue weighted by atomic mass is 35.5. The van der Waals surface area contributed by atoms with Crippen LogP contribution in [0.4, 0.5) is 15.8 Å². The van der Waals surface area contributed by atoms with Crippen molar-refractivity contribution < 1.29 is 14.6 Å². The average molecular weight is 547 g/mol. The lowest BCUT2D eigenvalue weighted by molar-refractivity contribution is 0.0729. The second-order valence-corrected chi connectivity index (χ2v) is 11.0. The summed E-state index contributed by atoms with van der Waals surface area (Å²) < 4.78 is 15.1. The summed E-state index contributed by atoms with van der Waals surface area (Å²) >= 11 is 6.61. The quantitative estimate of drug-likeness (QED) is 0.291. The first-order chi connectivity index (χ1) is 18.9. The fourth-order valence-corrected chi connectivity index (χ4v) is 6.36. The van der Waals surface area contributed by atoms with E-state index in [9.17, 15) is 10.2 Å². The number of anilines is 2. The Balaban J connectivity index is 1.31. The zero-order valence-corrected chi connectivity index (χ0v) is 22.0. The molecule has 3 saturated heterocycles. The van der Waals surface area contributed by atoms with Gasteiger partial charge in [0.1, 0.15) is 11.6 Å². The molecule has 4 aliphatic heterocycles. The Morgan fingerprint density at radius 3 is 2.51 bits per heavy atom. The number of H-pyrrole nitrogens is 1. The number of piperazine rings is 1. The number of piperidine rings is 2. The van der Waals surface area contributed by atoms with E-state index in [-0.39, 0.29) is 5.75 Å². The molecule has 0 spiro atoms. The number of nitrogens with one attached hydrogen (secondary N) is 2. The molecular weight excluding hydrogens is 519 g/mol. The largest absolute Gasteiger partial charge is 0.507 e. The van der Waals surface area contributed by atoms with Crippen molar-refractivity contribution in [3.05, 3.63) is 71.9 Å². The highest BCUT2D eigenvalue weighted by Gasteiger charge is 2.34. The molecule has 39 heavy (non-hydrogen) atoms. The number of aromatic nitrogens is 2. The highest BCUT2D eigenvalue weighted by molar-refractivity contribution is 6.33. The topological polar surface area (TPSA) is 90.9 Å². The smallest absolute Gasteiger partial charge is 0.211 e. The third kappa shape index (κ3) is 4.00. The maximum absolute atomic E-state index is 15.1. The van der Waals surface area contributed by atoms with Crippen molar-refractivity contribution >= 4 is 33.9 Å². The number of hydrogen-bond donors (Lipinski definition) is 4. The maximum Gasteiger partial charge on any atom is 0.211 e. The first-order valence-electron chi connectivity index (χ1n) is 13.0. The van der Waals surface area contributed by atoms with E-state index < -0.39 is 12.2 Å². The standard InChI is InChI=1S/C29H28ClFN6O2/c1-35-6-7-36(29(35)39)26-5-2-16(8-24(26)30)21-11-18(31)12-22(28(21)38)17-9-25-23(14-33-34-25)27(10-17)37-15-19-3-4-20(37)13-32-19/h2,5-12,14,19-20,29,32,38-39H,3-4,13,15H2,1H3,(H,33,34). The van der Waals surface area contributed by atoms with Gasteiger partial charge in [-0.2, -0.15) is 5.10 Å². The predicted molar refractivity (Wildman–Crippen MR) is 151 cm³/mol. The monoisotopic (exact) mass is 546 g/mol. The van der Waals surface area contributed by atoms with Crippen LogP contribution in [0, 0.1) is 5.82 Å². The van der Waals surface area contributed by atoms with Gasteiger partial charge in [0.05, 0.1) is 22.4 Å². The Morgan fingerprint density at radius 1 is 1.03 bits per heavy atom. The lowest BCUT2D eigenvalue weighted by atomic mass is 9.91. The van der Waals surface area contributed by atoms with Crippen LogP contribution in [-0.4, -0.2) is 63.9 Å². The second-order valence-electron chi connectivity index (χ2n) is 10.5. The molecule has 3 unspecified atom stereocenters. The van der Waals surface area contributed by atoms with Crippen LogP contribution in [0.3, 0.4) is 0 Å². The molecule has 0 saturated carbocycles. The Hall–Kier alpha value is -3.79. The number of fused-ring (bicyclic) bond motifs is 4. The third-order valence-electron chi connectivity index (χ3n) is 8.19. The van der Waals surface area contributed by atoms with E-state index in [2.05, 4.69) is 20.4 Å². The van der Waals surface area contributed by atoms with Gasteiger partial charge in [-0.3, -0.25) is 5.10 Å². The zero-order valence-electron chi connectivity index (χ0n) is 21.3. The van der Waals surface area contributed by atoms with Crippen LogP contribution in [0.5, 0.6) is 5.75 Å². The molecule has 8 rings (SSSR count). The molecule has 3 aromatic carbocycles. The number of benzene rings is 3. The van der Waals surface area contributed by atoms with Gasteiger partial charge in [0.25, 0.3) is 0 Å². The van der Waals surface area contributed by atoms with Crippen molar-refractivity contribution in [2.75, 3.05) is 29.9 Å². The van der Waals surface area contributed by atoms with E-state index in [1.165, 1.54) is 12.1 Å². The molecule has 5 heterocycles. The van der Waals surface area contributed by atoms with Crippen LogP contribution in [0.1, 0.15) is 12.8 Å². The van der Waals surface area contributed by atoms with E-state index in [0.717, 1.165) is 42.5 Å². The average Bonchev–Trinajstić information content (AvgIpc) is 3.56. The summed E-state index contributed by atoms with van der Waals surface area (Å²) in [5.41, 5.74) is 4.46. The number of phenolic OH excluding ortho intramolecular Hbond substituents is 1. The Morgan fingerprint density at radius 2 is 1.85 bits per heavy atom. The van der Waals surface area contributed by atoms with Gasteiger partial charge in [0.15, 0.2) is 0 Å². The van der Waals surface area contributed by atoms with Gasteiger partial charge >= 0.3 is 0 Å². The SMILES string of the molecule is CN1C=CN(c2ccc(-c3cc(F)cc(-c4cc(N5CC6CCC5CN6)c5cn[nH]c5c4)c3O)cc2Cl)C1O. The Bertz CT molecular complexity index is 1620. The van der Waals surface area contributed by atoms with Crippen LogP contribution in [0.25, 0.3) is 33.2 Å². The molecule has 0 amide bonds. The zero-order chi connectivity index (χ0) is 26.8. The van der Waals surface area contributed by atoms with Crippen molar-refractivity contribution in [3.8, 4) is 28.0 Å². The van der Waals surface area contributed by atoms with Gasteiger partial charge in [-0.25, -0.2) is 4.39 Å². The molecule has 3 fully saturated rings. The minimum absolute atomic E-state index is 0.0345. The van der Waals surface area contributed by atoms with E-state index in [1.807, 2.05) is 18.3 Å². The van der Waals surface area contributed by atoms with Crippen LogP contribution in [0.2, 0.25) is 5.02 Å². The Labute approximate surface area is 229 Å². The lowest BCUT2D eigenvalue weighted by Crippen LogP contribution is -2.61. The van der Waals surface area contributed by atoms with Gasteiger partial charge < -0.3 is 30.2 Å². The number of aliphatic hydroxyl groups excluding tert-OH is 1. The van der Waals surface area contributed by atoms with Crippen LogP contribution < -0.4 is 15.1 Å². The second kappa shape index (κ2) is 9.15. The summed E-state index contributed by atoms with van der Waals surface area (Å²) in [5.74, 6) is -0.502. The molecule has 0 aliphatic carbocycles. The molecule has 8 nitrogen and oxygen atoms in total. The maximum atomic E-state index is 15.1. The molecule has 4 aliphatic rings. The number of hydrogen-bond acceptors (Lipinski definition) is 7. The van der Waals surface area contributed by atoms with E-state index in [0.29, 0.717) is 45.0 Å². The summed E-state index contributed by atoms with van der Waals surface area (Å²) in [4.78, 5) is 5.69. The normalized spacial score (nSPS) is 22.5. The summed E-state index contributed by atoms with van der Waals surface area (Å²) in [6, 6.07) is 12.6. The molecule has 1 aromatic heterocycles. The molecule has 0 radical (unpaired) electrons. The van der Waals surface area contributed by atoms with Crippen LogP contribution >= 0.6 is 11.6 Å². The van der Waals surface area contributed by atoms with E-state index in [1.54, 1.807) is 47.4 Å². The van der Waals surface area contributed by atoms with Gasteiger partial charge in [-0.15, -0.1) is 0 Å². The highest BCUT2D eigenvalue weighted by Crippen LogP contribution is 2.44. The van der Waals surface area contributed by atoms with Crippen LogP contribution in [-0.2, 0) is 0 Å². The van der Waals surface area contributed by atoms with Gasteiger partial charge in [0, 0.05) is 66.8 Å². The fourth-order valence-electron chi connectivity index (χ4n) is 6.08. The number of halogens is 2. The van der Waals surface area contributed by atoms with Gasteiger partial charge in [0.2, 0.25) is 6.35 Å². The molecule has 2 bridgehead atoms. The number of nitrogens with zero attached hydrogens (tertiary/aromatic N) is 4. The number of rotatable bonds is 4. The number of aliphatic hydroxyl groups is 1. The van der Waals surface area contributed by atoms with Gasteiger partial charge in [-0.1, -0.05) is 17.7 Å². The lowest BCUT2D eigenvalue weighted by Gasteiger charge is -2.47. The number of aromatic hydroxyl groups is 1. The van der Waals surface area contributed by atoms with Crippen LogP contribution in [0.15, 0.2) is 61.1 Å². The van der Waals surface area contributed by atoms with E-state index >= 15 is 4.39 Å². The minimum atomic E-state index is -0.875. The summed E-state index contributed by atoms with van der Waals surface area (Å²) in [5, 5.41) is 34.2. The van der Waals surface area contributed by atoms with Crippen molar-refractivity contribution in [2.24, 2.45) is 0 Å². The van der Waals surface area contributed by atoms with Crippen molar-refractivity contribution in [2.45, 2.75) is 31.3 Å². The molecular formula is C29H28ClFN6O2. The minimum Gasteiger partial charge on any atom is -0.507 e. The summed E-state index contributed by atoms with van der Waals surface area (Å²) in [7, 11) is 1.76. The molecule has 4 aromatic rings. The summed E-state index contributed by atoms with van der Waals surface area (Å²) in [6.07, 6.45) is 6.71. The van der Waals surface area contributed by atoms with Crippen molar-refractivity contribution in [1.29, 1.82) is 0 Å². The molecule has 4 N–H and O–H groups in total. The van der Waals surface area contributed by atoms with Crippen molar-refractivity contribution in [3.63, 3.8) is 0 Å². The first-order valence-corrected chi connectivity index (χ1v) is 13.4. The first kappa shape index (κ1) is 24.3. The third-order valence-corrected chi connectivity index (χ3v) is 8.50. The molecule has 10 heteroatoms. The number of phenols is 1.